The van der Waals surface area contributed by atoms with Crippen LogP contribution in [-0.2, 0) is 9.53 Å². The van der Waals surface area contributed by atoms with Crippen LogP contribution < -0.4 is 10.1 Å². The Bertz CT molecular complexity index is 928. The number of rotatable bonds is 5. The molecule has 2 aromatic rings. The summed E-state index contributed by atoms with van der Waals surface area (Å²) in [4.78, 5) is 23.9. The van der Waals surface area contributed by atoms with Gasteiger partial charge in [0.1, 0.15) is 22.8 Å². The molecule has 0 radical (unpaired) electrons. The number of ether oxygens (including phenoxy) is 2. The minimum atomic E-state index is -1.26. The number of benzene rings is 2. The minimum absolute atomic E-state index is 0.226. The third kappa shape index (κ3) is 5.65. The van der Waals surface area contributed by atoms with E-state index in [1.807, 2.05) is 0 Å². The van der Waals surface area contributed by atoms with Crippen LogP contribution in [-0.4, -0.2) is 27.9 Å². The number of hydrogen-bond donors (Lipinski definition) is 3. The van der Waals surface area contributed by atoms with Gasteiger partial charge in [-0.05, 0) is 101 Å². The largest absolute Gasteiger partial charge is 0.507 e. The average molecular weight is 415 g/mol. The van der Waals surface area contributed by atoms with E-state index >= 15 is 0 Å². The lowest BCUT2D eigenvalue weighted by Crippen LogP contribution is -2.38. The first-order valence-corrected chi connectivity index (χ1v) is 9.60. The molecule has 2 rings (SSSR count). The van der Waals surface area contributed by atoms with Crippen LogP contribution in [0.4, 0.5) is 4.79 Å². The highest BCUT2D eigenvalue weighted by Crippen LogP contribution is 2.34. The molecule has 1 atom stereocenters. The van der Waals surface area contributed by atoms with Gasteiger partial charge in [0.05, 0.1) is 0 Å². The maximum absolute atomic E-state index is 12.1. The van der Waals surface area contributed by atoms with Crippen molar-refractivity contribution in [1.82, 2.24) is 5.32 Å². The summed E-state index contributed by atoms with van der Waals surface area (Å²) in [5.74, 6) is 0.190. The van der Waals surface area contributed by atoms with Gasteiger partial charge in [0.2, 0.25) is 0 Å². The van der Waals surface area contributed by atoms with Crippen LogP contribution in [0.2, 0.25) is 0 Å². The van der Waals surface area contributed by atoms with Gasteiger partial charge >= 0.3 is 12.1 Å². The number of carboxylic acids is 1. The molecule has 1 unspecified atom stereocenters. The van der Waals surface area contributed by atoms with E-state index in [4.69, 9.17) is 9.47 Å². The summed E-state index contributed by atoms with van der Waals surface area (Å²) in [6, 6.07) is 5.54. The van der Waals surface area contributed by atoms with Crippen molar-refractivity contribution in [2.24, 2.45) is 0 Å². The Morgan fingerprint density at radius 2 is 1.43 bits per heavy atom. The van der Waals surface area contributed by atoms with E-state index in [0.29, 0.717) is 39.3 Å². The number of phenols is 1. The Morgan fingerprint density at radius 1 is 0.933 bits per heavy atom. The monoisotopic (exact) mass is 415 g/mol. The molecule has 0 aliphatic rings. The Morgan fingerprint density at radius 3 is 1.87 bits per heavy atom. The highest BCUT2D eigenvalue weighted by Gasteiger charge is 2.26. The highest BCUT2D eigenvalue weighted by atomic mass is 16.6. The SMILES string of the molecule is Cc1cc(Oc2c(C)cc(C(NC(=O)OC(C)(C)C)C(=O)O)cc2C)cc(C)c1O. The van der Waals surface area contributed by atoms with Crippen molar-refractivity contribution >= 4 is 12.1 Å². The molecule has 0 saturated carbocycles. The zero-order valence-corrected chi connectivity index (χ0v) is 18.4. The predicted octanol–water partition coefficient (Wildman–Crippen LogP) is 5.07. The molecular formula is C23H29NO6. The summed E-state index contributed by atoms with van der Waals surface area (Å²) in [6.45, 7) is 12.3. The van der Waals surface area contributed by atoms with Crippen molar-refractivity contribution in [2.45, 2.75) is 60.1 Å². The molecule has 0 saturated heterocycles. The van der Waals surface area contributed by atoms with Gasteiger partial charge in [-0.25, -0.2) is 9.59 Å². The quantitative estimate of drug-likeness (QED) is 0.630. The lowest BCUT2D eigenvalue weighted by atomic mass is 10.00. The molecule has 0 fully saturated rings. The van der Waals surface area contributed by atoms with Crippen molar-refractivity contribution in [1.29, 1.82) is 0 Å². The summed E-state index contributed by atoms with van der Waals surface area (Å²) < 4.78 is 11.2. The third-order valence-corrected chi connectivity index (χ3v) is 4.41. The molecule has 2 aromatic carbocycles. The van der Waals surface area contributed by atoms with Crippen LogP contribution in [0.5, 0.6) is 17.2 Å². The van der Waals surface area contributed by atoms with E-state index in [0.717, 1.165) is 0 Å². The summed E-state index contributed by atoms with van der Waals surface area (Å²) >= 11 is 0. The maximum atomic E-state index is 12.1. The van der Waals surface area contributed by atoms with Gasteiger partial charge in [-0.3, -0.25) is 0 Å². The highest BCUT2D eigenvalue weighted by molar-refractivity contribution is 5.81. The standard InChI is InChI=1S/C23H29NO6/c1-12-10-17(11-13(2)19(12)25)29-20-14(3)8-16(9-15(20)4)18(21(26)27)24-22(28)30-23(5,6)7/h8-11,18,25H,1-7H3,(H,24,28)(H,26,27). The topological polar surface area (TPSA) is 105 Å². The van der Waals surface area contributed by atoms with Crippen molar-refractivity contribution in [3.8, 4) is 17.2 Å². The molecule has 3 N–H and O–H groups in total. The van der Waals surface area contributed by atoms with E-state index in [-0.39, 0.29) is 5.75 Å². The summed E-state index contributed by atoms with van der Waals surface area (Å²) in [6.07, 6.45) is -0.805. The molecule has 0 aromatic heterocycles. The molecule has 0 bridgehead atoms. The number of phenolic OH excluding ortho intramolecular Hbond substituents is 1. The van der Waals surface area contributed by atoms with Gasteiger partial charge in [0.25, 0.3) is 0 Å². The van der Waals surface area contributed by atoms with Gasteiger partial charge in [-0.2, -0.15) is 0 Å². The van der Waals surface area contributed by atoms with Crippen molar-refractivity contribution in [3.63, 3.8) is 0 Å². The van der Waals surface area contributed by atoms with Gasteiger partial charge < -0.3 is 25.0 Å². The van der Waals surface area contributed by atoms with Crippen LogP contribution >= 0.6 is 0 Å². The second kappa shape index (κ2) is 8.65. The first-order chi connectivity index (χ1) is 13.8. The number of aliphatic carboxylic acids is 1. The fourth-order valence-electron chi connectivity index (χ4n) is 3.12. The van der Waals surface area contributed by atoms with Gasteiger partial charge in [0.15, 0.2) is 6.04 Å². The van der Waals surface area contributed by atoms with E-state index in [9.17, 15) is 19.8 Å². The molecule has 30 heavy (non-hydrogen) atoms. The first-order valence-electron chi connectivity index (χ1n) is 9.60. The van der Waals surface area contributed by atoms with Crippen molar-refractivity contribution < 1.29 is 29.3 Å². The lowest BCUT2D eigenvalue weighted by molar-refractivity contribution is -0.139. The van der Waals surface area contributed by atoms with Crippen LogP contribution in [0.15, 0.2) is 24.3 Å². The summed E-state index contributed by atoms with van der Waals surface area (Å²) in [5.41, 5.74) is 2.50. The normalized spacial score (nSPS) is 12.2. The van der Waals surface area contributed by atoms with E-state index in [1.54, 1.807) is 72.7 Å². The molecule has 0 spiro atoms. The second-order valence-corrected chi connectivity index (χ2v) is 8.41. The smallest absolute Gasteiger partial charge is 0.408 e. The van der Waals surface area contributed by atoms with E-state index in [2.05, 4.69) is 5.32 Å². The minimum Gasteiger partial charge on any atom is -0.507 e. The molecule has 162 valence electrons. The molecule has 0 heterocycles. The number of carboxylic acid groups (broad SMARTS) is 1. The molecule has 0 aliphatic heterocycles. The van der Waals surface area contributed by atoms with Crippen molar-refractivity contribution in [3.05, 3.63) is 52.1 Å². The number of alkyl carbamates (subject to hydrolysis) is 1. The Balaban J connectivity index is 2.33. The van der Waals surface area contributed by atoms with Crippen LogP contribution in [0.1, 0.15) is 54.6 Å². The van der Waals surface area contributed by atoms with Crippen LogP contribution in [0.25, 0.3) is 0 Å². The second-order valence-electron chi connectivity index (χ2n) is 8.41. The Labute approximate surface area is 176 Å². The lowest BCUT2D eigenvalue weighted by Gasteiger charge is -2.23. The molecule has 7 nitrogen and oxygen atoms in total. The number of nitrogens with one attached hydrogen (secondary N) is 1. The number of amides is 1. The van der Waals surface area contributed by atoms with Crippen LogP contribution in [0.3, 0.4) is 0 Å². The molecular weight excluding hydrogens is 386 g/mol. The van der Waals surface area contributed by atoms with Gasteiger partial charge in [0, 0.05) is 0 Å². The number of hydrogen-bond acceptors (Lipinski definition) is 5. The third-order valence-electron chi connectivity index (χ3n) is 4.41. The summed E-state index contributed by atoms with van der Waals surface area (Å²) in [5, 5.41) is 22.0. The summed E-state index contributed by atoms with van der Waals surface area (Å²) in [7, 11) is 0. The molecule has 0 aliphatic carbocycles. The Hall–Kier alpha value is -3.22. The fraction of sp³-hybridized carbons (Fsp3) is 0.391. The number of carbonyl (C=O) groups is 2. The zero-order valence-electron chi connectivity index (χ0n) is 18.4. The predicted molar refractivity (Wildman–Crippen MR) is 113 cm³/mol. The van der Waals surface area contributed by atoms with E-state index < -0.39 is 23.7 Å². The van der Waals surface area contributed by atoms with E-state index in [1.165, 1.54) is 0 Å². The zero-order chi connectivity index (χ0) is 22.8. The molecule has 1 amide bonds. The van der Waals surface area contributed by atoms with Gasteiger partial charge in [-0.15, -0.1) is 0 Å². The Kier molecular flexibility index (Phi) is 6.65. The van der Waals surface area contributed by atoms with Crippen molar-refractivity contribution in [2.75, 3.05) is 0 Å². The number of aryl methyl sites for hydroxylation is 4. The maximum Gasteiger partial charge on any atom is 0.408 e. The number of aromatic hydroxyl groups is 1. The van der Waals surface area contributed by atoms with Gasteiger partial charge in [-0.1, -0.05) is 0 Å². The molecule has 7 heteroatoms. The van der Waals surface area contributed by atoms with Crippen LogP contribution in [0, 0.1) is 27.7 Å². The fourth-order valence-corrected chi connectivity index (χ4v) is 3.12. The first kappa shape index (κ1) is 23.1. The average Bonchev–Trinajstić information content (AvgIpc) is 2.58. The number of carbonyl (C=O) groups excluding carboxylic acids is 1.